The number of anilines is 3. The van der Waals surface area contributed by atoms with E-state index in [2.05, 4.69) is 14.8 Å². The molecule has 0 atom stereocenters. The van der Waals surface area contributed by atoms with Gasteiger partial charge >= 0.3 is 0 Å². The zero-order chi connectivity index (χ0) is 28.4. The average Bonchev–Trinajstić information content (AvgIpc) is 2.87. The van der Waals surface area contributed by atoms with E-state index in [1.165, 1.54) is 48.5 Å². The number of hydrogen-bond acceptors (Lipinski definition) is 5. The van der Waals surface area contributed by atoms with Crippen LogP contribution in [0.2, 0.25) is 10.0 Å². The molecule has 3 N–H and O–H groups in total. The Bertz CT molecular complexity index is 1780. The Balaban J connectivity index is 1.51. The van der Waals surface area contributed by atoms with Crippen molar-refractivity contribution in [1.82, 2.24) is 0 Å². The largest absolute Gasteiger partial charge is 0.322 e. The van der Waals surface area contributed by atoms with Crippen LogP contribution in [0.1, 0.15) is 21.5 Å². The maximum atomic E-state index is 13.1. The Hall–Kier alpha value is -3.57. The fourth-order valence-corrected chi connectivity index (χ4v) is 6.49. The second-order valence-corrected chi connectivity index (χ2v) is 12.8. The Morgan fingerprint density at radius 2 is 1.41 bits per heavy atom. The van der Waals surface area contributed by atoms with Crippen LogP contribution in [0.3, 0.4) is 0 Å². The quantitative estimate of drug-likeness (QED) is 0.213. The van der Waals surface area contributed by atoms with E-state index in [1.807, 2.05) is 13.0 Å². The van der Waals surface area contributed by atoms with Crippen molar-refractivity contribution in [3.63, 3.8) is 0 Å². The SMILES string of the molecule is Cc1cccc(NS(=O)(=O)c2cc(C(=O)Nc3ccc(S(=O)(=O)Nc4cccc(Cl)c4)cc3)ccc2Cl)c1C. The van der Waals surface area contributed by atoms with Crippen LogP contribution >= 0.6 is 23.2 Å². The molecule has 0 aliphatic rings. The highest BCUT2D eigenvalue weighted by Gasteiger charge is 2.22. The van der Waals surface area contributed by atoms with E-state index in [9.17, 15) is 21.6 Å². The first-order valence-electron chi connectivity index (χ1n) is 11.4. The minimum atomic E-state index is -4.11. The first kappa shape index (κ1) is 28.4. The van der Waals surface area contributed by atoms with Crippen LogP contribution in [0.25, 0.3) is 0 Å². The molecule has 1 amide bonds. The van der Waals surface area contributed by atoms with Gasteiger partial charge in [-0.2, -0.15) is 0 Å². The topological polar surface area (TPSA) is 121 Å². The molecule has 8 nitrogen and oxygen atoms in total. The van der Waals surface area contributed by atoms with Crippen molar-refractivity contribution in [2.24, 2.45) is 0 Å². The number of hydrogen-bond donors (Lipinski definition) is 3. The highest BCUT2D eigenvalue weighted by Crippen LogP contribution is 2.28. The summed E-state index contributed by atoms with van der Waals surface area (Å²) < 4.78 is 56.5. The zero-order valence-electron chi connectivity index (χ0n) is 20.7. The highest BCUT2D eigenvalue weighted by atomic mass is 35.5. The molecule has 39 heavy (non-hydrogen) atoms. The zero-order valence-corrected chi connectivity index (χ0v) is 23.8. The lowest BCUT2D eigenvalue weighted by molar-refractivity contribution is 0.102. The van der Waals surface area contributed by atoms with E-state index in [1.54, 1.807) is 37.3 Å². The third kappa shape index (κ3) is 6.72. The summed E-state index contributed by atoms with van der Waals surface area (Å²) in [5.41, 5.74) is 2.73. The van der Waals surface area contributed by atoms with Crippen molar-refractivity contribution < 1.29 is 21.6 Å². The number of carbonyl (C=O) groups is 1. The molecule has 0 aliphatic carbocycles. The average molecular weight is 605 g/mol. The standard InChI is InChI=1S/C27H23Cl2N3O5S2/c1-17-5-3-8-25(18(17)2)32-39(36,37)26-15-19(9-14-24(26)29)27(33)30-21-10-12-23(13-11-21)38(34,35)31-22-7-4-6-20(28)16-22/h3-16,31-32H,1-2H3,(H,30,33). The summed E-state index contributed by atoms with van der Waals surface area (Å²) >= 11 is 12.1. The third-order valence-electron chi connectivity index (χ3n) is 5.83. The predicted molar refractivity (Wildman–Crippen MR) is 155 cm³/mol. The van der Waals surface area contributed by atoms with Gasteiger partial charge in [0.05, 0.1) is 21.3 Å². The molecule has 0 saturated heterocycles. The van der Waals surface area contributed by atoms with Gasteiger partial charge in [-0.15, -0.1) is 0 Å². The Kier molecular flexibility index (Phi) is 8.22. The van der Waals surface area contributed by atoms with Crippen LogP contribution in [0.4, 0.5) is 17.1 Å². The van der Waals surface area contributed by atoms with Crippen molar-refractivity contribution >= 4 is 66.2 Å². The van der Waals surface area contributed by atoms with Gasteiger partial charge < -0.3 is 5.32 Å². The number of halogens is 2. The second kappa shape index (κ2) is 11.3. The molecule has 4 aromatic carbocycles. The Morgan fingerprint density at radius 3 is 2.10 bits per heavy atom. The molecule has 0 heterocycles. The summed E-state index contributed by atoms with van der Waals surface area (Å²) in [6, 6.07) is 20.9. The van der Waals surface area contributed by atoms with E-state index in [-0.39, 0.29) is 20.4 Å². The maximum Gasteiger partial charge on any atom is 0.263 e. The molecular formula is C27H23Cl2N3O5S2. The van der Waals surface area contributed by atoms with Gasteiger partial charge in [0.15, 0.2) is 0 Å². The molecule has 4 rings (SSSR count). The van der Waals surface area contributed by atoms with Crippen molar-refractivity contribution in [2.75, 3.05) is 14.8 Å². The van der Waals surface area contributed by atoms with E-state index in [0.717, 1.165) is 11.1 Å². The lowest BCUT2D eigenvalue weighted by Crippen LogP contribution is -2.17. The van der Waals surface area contributed by atoms with Gasteiger partial charge in [0.2, 0.25) is 0 Å². The lowest BCUT2D eigenvalue weighted by Gasteiger charge is -2.14. The van der Waals surface area contributed by atoms with Gasteiger partial charge in [-0.05, 0) is 91.7 Å². The Morgan fingerprint density at radius 1 is 0.718 bits per heavy atom. The number of nitrogens with one attached hydrogen (secondary N) is 3. The molecule has 0 aromatic heterocycles. The fourth-order valence-electron chi connectivity index (χ4n) is 3.60. The molecule has 12 heteroatoms. The lowest BCUT2D eigenvalue weighted by atomic mass is 10.1. The van der Waals surface area contributed by atoms with E-state index < -0.39 is 26.0 Å². The number of aryl methyl sites for hydroxylation is 1. The normalized spacial score (nSPS) is 11.6. The molecule has 0 radical (unpaired) electrons. The predicted octanol–water partition coefficient (Wildman–Crippen LogP) is 6.46. The van der Waals surface area contributed by atoms with E-state index in [4.69, 9.17) is 23.2 Å². The van der Waals surface area contributed by atoms with Crippen LogP contribution in [0.15, 0.2) is 94.7 Å². The van der Waals surface area contributed by atoms with Crippen LogP contribution < -0.4 is 14.8 Å². The van der Waals surface area contributed by atoms with Gasteiger partial charge in [-0.1, -0.05) is 41.4 Å². The van der Waals surface area contributed by atoms with Crippen molar-refractivity contribution in [2.45, 2.75) is 23.6 Å². The number of rotatable bonds is 8. The van der Waals surface area contributed by atoms with Gasteiger partial charge in [-0.3, -0.25) is 14.2 Å². The second-order valence-electron chi connectivity index (χ2n) is 8.59. The summed E-state index contributed by atoms with van der Waals surface area (Å²) in [5.74, 6) is -0.609. The molecule has 0 spiro atoms. The van der Waals surface area contributed by atoms with Crippen LogP contribution in [0.5, 0.6) is 0 Å². The maximum absolute atomic E-state index is 13.1. The van der Waals surface area contributed by atoms with E-state index in [0.29, 0.717) is 22.1 Å². The van der Waals surface area contributed by atoms with Gasteiger partial charge in [0.25, 0.3) is 26.0 Å². The van der Waals surface area contributed by atoms with Crippen molar-refractivity contribution in [3.05, 3.63) is 112 Å². The molecular weight excluding hydrogens is 581 g/mol. The van der Waals surface area contributed by atoms with Crippen molar-refractivity contribution in [3.8, 4) is 0 Å². The number of carbonyl (C=O) groups excluding carboxylic acids is 1. The summed E-state index contributed by atoms with van der Waals surface area (Å²) in [6.07, 6.45) is 0. The first-order valence-corrected chi connectivity index (χ1v) is 15.2. The molecule has 4 aromatic rings. The monoisotopic (exact) mass is 603 g/mol. The smallest absolute Gasteiger partial charge is 0.263 e. The minimum absolute atomic E-state index is 0.0298. The minimum Gasteiger partial charge on any atom is -0.322 e. The van der Waals surface area contributed by atoms with Crippen LogP contribution in [0, 0.1) is 13.8 Å². The summed E-state index contributed by atoms with van der Waals surface area (Å²) in [4.78, 5) is 12.6. The van der Waals surface area contributed by atoms with Crippen LogP contribution in [-0.2, 0) is 20.0 Å². The number of amides is 1. The van der Waals surface area contributed by atoms with Gasteiger partial charge in [-0.25, -0.2) is 16.8 Å². The first-order chi connectivity index (χ1) is 18.4. The summed E-state index contributed by atoms with van der Waals surface area (Å²) in [7, 11) is -8.00. The molecule has 202 valence electrons. The molecule has 0 aliphatic heterocycles. The summed E-state index contributed by atoms with van der Waals surface area (Å²) in [5, 5.41) is 2.96. The van der Waals surface area contributed by atoms with Crippen molar-refractivity contribution in [1.29, 1.82) is 0 Å². The molecule has 0 unspecified atom stereocenters. The molecule has 0 bridgehead atoms. The number of benzene rings is 4. The summed E-state index contributed by atoms with van der Waals surface area (Å²) in [6.45, 7) is 3.66. The van der Waals surface area contributed by atoms with E-state index >= 15 is 0 Å². The van der Waals surface area contributed by atoms with Crippen LogP contribution in [-0.4, -0.2) is 22.7 Å². The fraction of sp³-hybridized carbons (Fsp3) is 0.0741. The molecule has 0 fully saturated rings. The number of sulfonamides is 2. The highest BCUT2D eigenvalue weighted by molar-refractivity contribution is 7.93. The van der Waals surface area contributed by atoms with Gasteiger partial charge in [0, 0.05) is 16.3 Å². The Labute approximate surface area is 237 Å². The van der Waals surface area contributed by atoms with Gasteiger partial charge in [0.1, 0.15) is 4.90 Å². The third-order valence-corrected chi connectivity index (χ3v) is 9.31. The molecule has 0 saturated carbocycles.